The van der Waals surface area contributed by atoms with Gasteiger partial charge in [0, 0.05) is 30.4 Å². The predicted octanol–water partition coefficient (Wildman–Crippen LogP) is 6.52. The van der Waals surface area contributed by atoms with Crippen molar-refractivity contribution in [3.63, 3.8) is 0 Å². The maximum absolute atomic E-state index is 13.4. The maximum Gasteiger partial charge on any atom is 0.123 e. The summed E-state index contributed by atoms with van der Waals surface area (Å²) in [7, 11) is 4.05. The summed E-state index contributed by atoms with van der Waals surface area (Å²) in [6.45, 7) is 12.9. The number of rotatable bonds is 10. The first-order valence-electron chi connectivity index (χ1n) is 12.1. The zero-order valence-corrected chi connectivity index (χ0v) is 22.6. The molecule has 0 aliphatic carbocycles. The number of imidazole rings is 1. The van der Waals surface area contributed by atoms with Crippen LogP contribution in [0.2, 0.25) is 0 Å². The first-order chi connectivity index (χ1) is 18.2. The van der Waals surface area contributed by atoms with Crippen LogP contribution >= 0.6 is 0 Å². The lowest BCUT2D eigenvalue weighted by molar-refractivity contribution is 0.449. The number of fused-ring (bicyclic) bond motifs is 1. The average Bonchev–Trinajstić information content (AvgIpc) is 3.34. The molecule has 3 aromatic rings. The summed E-state index contributed by atoms with van der Waals surface area (Å²) in [4.78, 5) is 14.8. The number of nitrogens with zero attached hydrogens (tertiary/aromatic N) is 3. The number of likely N-dealkylation sites (N-methyl/N-ethyl adjacent to an activating group) is 1. The summed E-state index contributed by atoms with van der Waals surface area (Å²) in [5.74, 6) is 0.463. The van der Waals surface area contributed by atoms with E-state index in [4.69, 9.17) is 10.7 Å². The zero-order valence-electron chi connectivity index (χ0n) is 22.6. The molecule has 6 heteroatoms. The van der Waals surface area contributed by atoms with Crippen molar-refractivity contribution >= 4 is 11.0 Å². The standard InChI is InChI=1S/C30H34FN5.C2H2/c1-7-21(19-36(5)6)17-22(8-2)20(4)16-24(26(32)9-3)18-28-34-27-14-15-33-29(30(27)35-28)23-10-12-25(31)13-11-23;1-2/h7-17H,1,4,18-19,32H2,2-3,5-6H3,(H,34,35);1-2H/b21-17+,22-8+,24-16-,26-9+;. The summed E-state index contributed by atoms with van der Waals surface area (Å²) < 4.78 is 13.4. The molecule has 0 fully saturated rings. The van der Waals surface area contributed by atoms with Crippen LogP contribution in [-0.4, -0.2) is 40.5 Å². The Morgan fingerprint density at radius 3 is 2.37 bits per heavy atom. The number of allylic oxidation sites excluding steroid dienone is 7. The number of aromatic amines is 1. The molecule has 0 atom stereocenters. The molecule has 0 unspecified atom stereocenters. The van der Waals surface area contributed by atoms with E-state index < -0.39 is 0 Å². The lowest BCUT2D eigenvalue weighted by Gasteiger charge is -2.13. The smallest absolute Gasteiger partial charge is 0.123 e. The van der Waals surface area contributed by atoms with Crippen LogP contribution in [0.1, 0.15) is 19.7 Å². The fourth-order valence-electron chi connectivity index (χ4n) is 3.88. The molecule has 2 aromatic heterocycles. The van der Waals surface area contributed by atoms with Crippen LogP contribution < -0.4 is 5.73 Å². The van der Waals surface area contributed by atoms with E-state index in [0.29, 0.717) is 17.8 Å². The van der Waals surface area contributed by atoms with Gasteiger partial charge in [-0.3, -0.25) is 4.98 Å². The minimum atomic E-state index is -0.289. The molecule has 0 aliphatic heterocycles. The van der Waals surface area contributed by atoms with Gasteiger partial charge < -0.3 is 15.6 Å². The number of halogens is 1. The lowest BCUT2D eigenvalue weighted by Crippen LogP contribution is -2.14. The Balaban J connectivity index is 0.00000247. The topological polar surface area (TPSA) is 70.8 Å². The first-order valence-corrected chi connectivity index (χ1v) is 12.1. The molecule has 5 nitrogen and oxygen atoms in total. The van der Waals surface area contributed by atoms with Crippen molar-refractivity contribution in [3.05, 3.63) is 120 Å². The Kier molecular flexibility index (Phi) is 11.2. The van der Waals surface area contributed by atoms with Crippen LogP contribution in [0.25, 0.3) is 22.3 Å². The van der Waals surface area contributed by atoms with Crippen LogP contribution in [0.5, 0.6) is 0 Å². The van der Waals surface area contributed by atoms with E-state index in [-0.39, 0.29) is 5.82 Å². The van der Waals surface area contributed by atoms with Gasteiger partial charge in [0.1, 0.15) is 17.2 Å². The van der Waals surface area contributed by atoms with Crippen molar-refractivity contribution in [2.24, 2.45) is 5.73 Å². The van der Waals surface area contributed by atoms with Gasteiger partial charge in [-0.1, -0.05) is 37.5 Å². The Labute approximate surface area is 225 Å². The zero-order chi connectivity index (χ0) is 28.2. The minimum absolute atomic E-state index is 0.289. The van der Waals surface area contributed by atoms with E-state index >= 15 is 0 Å². The second kappa shape index (κ2) is 14.3. The number of pyridine rings is 1. The van der Waals surface area contributed by atoms with Crippen molar-refractivity contribution in [1.29, 1.82) is 0 Å². The Bertz CT molecular complexity index is 1410. The molecule has 0 radical (unpaired) electrons. The highest BCUT2D eigenvalue weighted by Crippen LogP contribution is 2.27. The van der Waals surface area contributed by atoms with Crippen LogP contribution in [0.3, 0.4) is 0 Å². The van der Waals surface area contributed by atoms with Gasteiger partial charge in [0.05, 0.1) is 11.2 Å². The van der Waals surface area contributed by atoms with Crippen molar-refractivity contribution in [1.82, 2.24) is 19.9 Å². The Morgan fingerprint density at radius 1 is 1.11 bits per heavy atom. The predicted molar refractivity (Wildman–Crippen MR) is 159 cm³/mol. The highest BCUT2D eigenvalue weighted by Gasteiger charge is 2.13. The molecule has 0 spiro atoms. The molecule has 1 aromatic carbocycles. The fourth-order valence-corrected chi connectivity index (χ4v) is 3.88. The van der Waals surface area contributed by atoms with Crippen molar-refractivity contribution < 1.29 is 4.39 Å². The van der Waals surface area contributed by atoms with Gasteiger partial charge in [0.15, 0.2) is 0 Å². The molecule has 38 heavy (non-hydrogen) atoms. The number of benzene rings is 1. The molecule has 3 N–H and O–H groups in total. The highest BCUT2D eigenvalue weighted by molar-refractivity contribution is 5.89. The number of hydrogen-bond donors (Lipinski definition) is 2. The summed E-state index contributed by atoms with van der Waals surface area (Å²) in [6, 6.07) is 8.14. The highest BCUT2D eigenvalue weighted by atomic mass is 19.1. The van der Waals surface area contributed by atoms with Gasteiger partial charge >= 0.3 is 0 Å². The lowest BCUT2D eigenvalue weighted by atomic mass is 9.98. The molecule has 2 heterocycles. The van der Waals surface area contributed by atoms with Gasteiger partial charge in [-0.05, 0) is 86.6 Å². The quantitative estimate of drug-likeness (QED) is 0.241. The summed E-state index contributed by atoms with van der Waals surface area (Å²) in [6.07, 6.45) is 20.1. The third kappa shape index (κ3) is 7.76. The Morgan fingerprint density at radius 2 is 1.79 bits per heavy atom. The number of aromatic nitrogens is 3. The van der Waals surface area contributed by atoms with Crippen LogP contribution in [0.4, 0.5) is 4.39 Å². The largest absolute Gasteiger partial charge is 0.399 e. The Hall–Kier alpha value is -4.47. The minimum Gasteiger partial charge on any atom is -0.399 e. The van der Waals surface area contributed by atoms with Gasteiger partial charge in [0.2, 0.25) is 0 Å². The van der Waals surface area contributed by atoms with Gasteiger partial charge in [-0.2, -0.15) is 0 Å². The molecular formula is C32H36FN5. The van der Waals surface area contributed by atoms with E-state index in [1.165, 1.54) is 12.1 Å². The molecule has 0 amide bonds. The molecular weight excluding hydrogens is 473 g/mol. The van der Waals surface area contributed by atoms with Gasteiger partial charge in [-0.25, -0.2) is 9.37 Å². The van der Waals surface area contributed by atoms with Crippen LogP contribution in [-0.2, 0) is 6.42 Å². The number of nitrogens with one attached hydrogen (secondary N) is 1. The second-order valence-corrected chi connectivity index (χ2v) is 8.77. The number of nitrogens with two attached hydrogens (primary N) is 1. The molecule has 0 bridgehead atoms. The van der Waals surface area contributed by atoms with Crippen molar-refractivity contribution in [2.75, 3.05) is 20.6 Å². The van der Waals surface area contributed by atoms with E-state index in [9.17, 15) is 4.39 Å². The third-order valence-electron chi connectivity index (χ3n) is 5.74. The maximum atomic E-state index is 13.4. The van der Waals surface area contributed by atoms with Crippen LogP contribution in [0, 0.1) is 18.7 Å². The molecule has 196 valence electrons. The van der Waals surface area contributed by atoms with Gasteiger partial charge in [-0.15, -0.1) is 12.8 Å². The van der Waals surface area contributed by atoms with Crippen molar-refractivity contribution in [3.8, 4) is 24.1 Å². The third-order valence-corrected chi connectivity index (χ3v) is 5.74. The average molecular weight is 510 g/mol. The molecule has 0 saturated carbocycles. The number of hydrogen-bond acceptors (Lipinski definition) is 4. The molecule has 0 saturated heterocycles. The number of H-pyrrole nitrogens is 1. The number of terminal acetylenes is 1. The van der Waals surface area contributed by atoms with Crippen LogP contribution in [0.15, 0.2) is 108 Å². The fraction of sp³-hybridized carbons (Fsp3) is 0.188. The normalized spacial score (nSPS) is 12.8. The second-order valence-electron chi connectivity index (χ2n) is 8.77. The summed E-state index contributed by atoms with van der Waals surface area (Å²) >= 11 is 0. The summed E-state index contributed by atoms with van der Waals surface area (Å²) in [5.41, 5.74) is 14.0. The van der Waals surface area contributed by atoms with E-state index in [1.54, 1.807) is 18.3 Å². The van der Waals surface area contributed by atoms with Gasteiger partial charge in [0.25, 0.3) is 0 Å². The molecule has 3 rings (SSSR count). The van der Waals surface area contributed by atoms with Crippen molar-refractivity contribution in [2.45, 2.75) is 20.3 Å². The molecule has 0 aliphatic rings. The summed E-state index contributed by atoms with van der Waals surface area (Å²) in [5, 5.41) is 0. The van der Waals surface area contributed by atoms with E-state index in [2.05, 4.69) is 46.9 Å². The van der Waals surface area contributed by atoms with E-state index in [0.717, 1.165) is 51.3 Å². The van der Waals surface area contributed by atoms with E-state index in [1.807, 2.05) is 58.3 Å². The SMILES string of the molecule is C#C.C=C/C(=C\C(=C/C)C(=C)/C=C(Cc1nc2c(-c3ccc(F)cc3)nccc2[nH]1)\C(N)=C/C)CN(C)C. The first kappa shape index (κ1) is 29.8. The monoisotopic (exact) mass is 509 g/mol.